The second kappa shape index (κ2) is 9.15. The molecule has 2 heterocycles. The van der Waals surface area contributed by atoms with E-state index in [4.69, 9.17) is 4.74 Å². The average molecular weight is 397 g/mol. The molecule has 0 unspecified atom stereocenters. The summed E-state index contributed by atoms with van der Waals surface area (Å²) in [7, 11) is 0. The minimum Gasteiger partial charge on any atom is -0.444 e. The van der Waals surface area contributed by atoms with E-state index >= 15 is 0 Å². The molecule has 1 aromatic rings. The van der Waals surface area contributed by atoms with Crippen molar-refractivity contribution in [3.05, 3.63) is 41.7 Å². The van der Waals surface area contributed by atoms with E-state index < -0.39 is 5.60 Å². The molecule has 0 aromatic carbocycles. The highest BCUT2D eigenvalue weighted by molar-refractivity contribution is 5.74. The highest BCUT2D eigenvalue weighted by Crippen LogP contribution is 2.41. The highest BCUT2D eigenvalue weighted by atomic mass is 16.6. The van der Waals surface area contributed by atoms with Crippen LogP contribution in [0.3, 0.4) is 0 Å². The Bertz CT molecular complexity index is 788. The number of rotatable bonds is 6. The van der Waals surface area contributed by atoms with Crippen molar-refractivity contribution in [3.63, 3.8) is 0 Å². The number of unbranched alkanes of at least 4 members (excludes halogenated alkanes) is 1. The van der Waals surface area contributed by atoms with Crippen LogP contribution in [-0.2, 0) is 4.74 Å². The van der Waals surface area contributed by atoms with Gasteiger partial charge >= 0.3 is 6.09 Å². The molecular formula is C25H36N2O2. The Kier molecular flexibility index (Phi) is 6.81. The van der Waals surface area contributed by atoms with Gasteiger partial charge in [0.1, 0.15) is 5.60 Å². The van der Waals surface area contributed by atoms with Crippen LogP contribution in [0.1, 0.15) is 77.8 Å². The largest absolute Gasteiger partial charge is 0.444 e. The molecular weight excluding hydrogens is 360 g/mol. The molecule has 1 aromatic heterocycles. The summed E-state index contributed by atoms with van der Waals surface area (Å²) in [5.41, 5.74) is 4.84. The van der Waals surface area contributed by atoms with Crippen molar-refractivity contribution in [3.8, 4) is 0 Å². The molecule has 1 saturated heterocycles. The first-order valence-electron chi connectivity index (χ1n) is 11.1. The quantitative estimate of drug-likeness (QED) is 0.564. The standard InChI is InChI=1S/C25H36N2O2/c1-6-8-10-18(9-7-2)20-13-21(15-26-14-20)19-11-22-16-27(17-23(22)12-19)24(28)29-25(3,4)5/h10-11,13-15,22-23H,6-9,12,16-17H2,1-5H3/b18-10+/t22-,23+/m1/s1. The van der Waals surface area contributed by atoms with E-state index in [1.54, 1.807) is 0 Å². The summed E-state index contributed by atoms with van der Waals surface area (Å²) >= 11 is 0. The van der Waals surface area contributed by atoms with Gasteiger partial charge in [-0.15, -0.1) is 0 Å². The Morgan fingerprint density at radius 1 is 1.24 bits per heavy atom. The SMILES string of the molecule is CCC/C=C(\CCC)c1cncc(C2=C[C@@H]3CN(C(=O)OC(C)(C)C)C[C@@H]3C2)c1. The van der Waals surface area contributed by atoms with Gasteiger partial charge in [-0.1, -0.05) is 38.8 Å². The van der Waals surface area contributed by atoms with Crippen LogP contribution in [0.5, 0.6) is 0 Å². The summed E-state index contributed by atoms with van der Waals surface area (Å²) in [6, 6.07) is 2.31. The van der Waals surface area contributed by atoms with Gasteiger partial charge < -0.3 is 9.64 Å². The van der Waals surface area contributed by atoms with Gasteiger partial charge in [-0.3, -0.25) is 4.98 Å². The van der Waals surface area contributed by atoms with Crippen molar-refractivity contribution in [2.24, 2.45) is 11.8 Å². The molecule has 0 radical (unpaired) electrons. The number of allylic oxidation sites excluding steroid dienone is 3. The molecule has 158 valence electrons. The summed E-state index contributed by atoms with van der Waals surface area (Å²) in [6.45, 7) is 11.7. The first-order chi connectivity index (χ1) is 13.8. The van der Waals surface area contributed by atoms with E-state index in [1.807, 2.05) is 38.1 Å². The molecule has 1 aliphatic heterocycles. The van der Waals surface area contributed by atoms with Crippen LogP contribution in [0.4, 0.5) is 4.79 Å². The van der Waals surface area contributed by atoms with Crippen molar-refractivity contribution >= 4 is 17.2 Å². The Morgan fingerprint density at radius 3 is 2.69 bits per heavy atom. The smallest absolute Gasteiger partial charge is 0.410 e. The van der Waals surface area contributed by atoms with Gasteiger partial charge in [0.15, 0.2) is 0 Å². The van der Waals surface area contributed by atoms with Gasteiger partial charge in [-0.2, -0.15) is 0 Å². The molecule has 2 aliphatic rings. The first kappa shape index (κ1) is 21.6. The zero-order chi connectivity index (χ0) is 21.0. The number of pyridine rings is 1. The number of hydrogen-bond donors (Lipinski definition) is 0. The van der Waals surface area contributed by atoms with Crippen LogP contribution in [0.2, 0.25) is 0 Å². The number of aromatic nitrogens is 1. The highest BCUT2D eigenvalue weighted by Gasteiger charge is 2.39. The molecule has 0 spiro atoms. The molecule has 29 heavy (non-hydrogen) atoms. The van der Waals surface area contributed by atoms with Crippen molar-refractivity contribution < 1.29 is 9.53 Å². The minimum absolute atomic E-state index is 0.184. The van der Waals surface area contributed by atoms with Crippen molar-refractivity contribution in [2.75, 3.05) is 13.1 Å². The molecule has 1 fully saturated rings. The summed E-state index contributed by atoms with van der Waals surface area (Å²) in [4.78, 5) is 18.8. The molecule has 1 amide bonds. The normalized spacial score (nSPS) is 21.9. The molecule has 0 saturated carbocycles. The van der Waals surface area contributed by atoms with Crippen molar-refractivity contribution in [2.45, 2.75) is 72.3 Å². The number of amides is 1. The fourth-order valence-electron chi connectivity index (χ4n) is 4.34. The van der Waals surface area contributed by atoms with E-state index in [0.29, 0.717) is 11.8 Å². The van der Waals surface area contributed by atoms with Gasteiger partial charge in [0, 0.05) is 25.5 Å². The summed E-state index contributed by atoms with van der Waals surface area (Å²) in [5.74, 6) is 0.916. The van der Waals surface area contributed by atoms with Gasteiger partial charge in [-0.05, 0) is 80.2 Å². The number of ether oxygens (including phenoxy) is 1. The molecule has 2 atom stereocenters. The number of hydrogen-bond acceptors (Lipinski definition) is 3. The monoisotopic (exact) mass is 396 g/mol. The Balaban J connectivity index is 1.71. The lowest BCUT2D eigenvalue weighted by Gasteiger charge is -2.24. The zero-order valence-corrected chi connectivity index (χ0v) is 18.7. The topological polar surface area (TPSA) is 42.4 Å². The number of carbonyl (C=O) groups excluding carboxylic acids is 1. The van der Waals surface area contributed by atoms with Crippen molar-refractivity contribution in [1.82, 2.24) is 9.88 Å². The number of fused-ring (bicyclic) bond motifs is 1. The third-order valence-corrected chi connectivity index (χ3v) is 5.72. The molecule has 1 aliphatic carbocycles. The molecule has 0 N–H and O–H groups in total. The predicted molar refractivity (Wildman–Crippen MR) is 119 cm³/mol. The predicted octanol–water partition coefficient (Wildman–Crippen LogP) is 6.34. The third kappa shape index (κ3) is 5.49. The Hall–Kier alpha value is -2.10. The van der Waals surface area contributed by atoms with Crippen LogP contribution < -0.4 is 0 Å². The van der Waals surface area contributed by atoms with Gasteiger partial charge in [0.2, 0.25) is 0 Å². The fraction of sp³-hybridized carbons (Fsp3) is 0.600. The van der Waals surface area contributed by atoms with E-state index in [9.17, 15) is 4.79 Å². The maximum absolute atomic E-state index is 12.4. The van der Waals surface area contributed by atoms with E-state index in [2.05, 4.69) is 37.0 Å². The van der Waals surface area contributed by atoms with E-state index in [-0.39, 0.29) is 6.09 Å². The first-order valence-corrected chi connectivity index (χ1v) is 11.1. The van der Waals surface area contributed by atoms with Gasteiger partial charge in [-0.25, -0.2) is 4.79 Å². The number of carbonyl (C=O) groups is 1. The van der Waals surface area contributed by atoms with Crippen molar-refractivity contribution in [1.29, 1.82) is 0 Å². The minimum atomic E-state index is -0.441. The number of likely N-dealkylation sites (tertiary alicyclic amines) is 1. The van der Waals surface area contributed by atoms with Crippen LogP contribution in [-0.4, -0.2) is 34.7 Å². The van der Waals surface area contributed by atoms with Gasteiger partial charge in [0.05, 0.1) is 0 Å². The summed E-state index contributed by atoms with van der Waals surface area (Å²) in [6.07, 6.45) is 14.1. The lowest BCUT2D eigenvalue weighted by Crippen LogP contribution is -2.35. The second-order valence-corrected chi connectivity index (χ2v) is 9.44. The Morgan fingerprint density at radius 2 is 2.03 bits per heavy atom. The maximum Gasteiger partial charge on any atom is 0.410 e. The molecule has 3 rings (SSSR count). The lowest BCUT2D eigenvalue weighted by molar-refractivity contribution is 0.0285. The number of nitrogens with zero attached hydrogens (tertiary/aromatic N) is 2. The van der Waals surface area contributed by atoms with E-state index in [1.165, 1.54) is 28.7 Å². The van der Waals surface area contributed by atoms with E-state index in [0.717, 1.165) is 38.8 Å². The van der Waals surface area contributed by atoms with Gasteiger partial charge in [0.25, 0.3) is 0 Å². The van der Waals surface area contributed by atoms with Crippen LogP contribution in [0.15, 0.2) is 30.6 Å². The molecule has 0 bridgehead atoms. The maximum atomic E-state index is 12.4. The summed E-state index contributed by atoms with van der Waals surface area (Å²) < 4.78 is 5.55. The molecule has 4 nitrogen and oxygen atoms in total. The van der Waals surface area contributed by atoms with Crippen LogP contribution in [0, 0.1) is 11.8 Å². The van der Waals surface area contributed by atoms with Crippen LogP contribution >= 0.6 is 0 Å². The summed E-state index contributed by atoms with van der Waals surface area (Å²) in [5, 5.41) is 0. The lowest BCUT2D eigenvalue weighted by atomic mass is 9.96. The molecule has 4 heteroatoms. The fourth-order valence-corrected chi connectivity index (χ4v) is 4.34. The van der Waals surface area contributed by atoms with Crippen LogP contribution in [0.25, 0.3) is 11.1 Å². The third-order valence-electron chi connectivity index (χ3n) is 5.72. The Labute approximate surface area is 176 Å². The second-order valence-electron chi connectivity index (χ2n) is 9.44. The average Bonchev–Trinajstić information content (AvgIpc) is 3.23. The zero-order valence-electron chi connectivity index (χ0n) is 18.7.